The molecule has 1 N–H and O–H groups in total. The van der Waals surface area contributed by atoms with Crippen LogP contribution in [0.4, 0.5) is 0 Å². The average Bonchev–Trinajstić information content (AvgIpc) is 3.10. The van der Waals surface area contributed by atoms with Crippen LogP contribution in [-0.2, 0) is 4.79 Å². The molecule has 1 aromatic carbocycles. The molecule has 1 aliphatic heterocycles. The molecule has 1 fully saturated rings. The number of carboxylic acid groups (broad SMARTS) is 1. The number of likely N-dealkylation sites (tertiary alicyclic amines) is 1. The fourth-order valence-electron chi connectivity index (χ4n) is 3.11. The van der Waals surface area contributed by atoms with Gasteiger partial charge in [0.25, 0.3) is 5.91 Å². The number of carbonyl (C=O) groups excluding carboxylic acids is 1. The number of piperidine rings is 1. The predicted molar refractivity (Wildman–Crippen MR) is 98.1 cm³/mol. The van der Waals surface area contributed by atoms with Crippen LogP contribution in [0.15, 0.2) is 29.6 Å². The van der Waals surface area contributed by atoms with Gasteiger partial charge in [0.2, 0.25) is 0 Å². The van der Waals surface area contributed by atoms with Crippen molar-refractivity contribution in [1.29, 1.82) is 0 Å². The van der Waals surface area contributed by atoms with Gasteiger partial charge in [0.05, 0.1) is 5.02 Å². The second-order valence-corrected chi connectivity index (χ2v) is 7.47. The van der Waals surface area contributed by atoms with Crippen LogP contribution < -0.4 is 0 Å². The standard InChI is InChI=1S/C18H19ClN2O3S/c19-14-6-2-1-5-13(14)17-20-15(11-25-17)18(24)21-9-3-4-12(10-21)7-8-16(22)23/h1-2,5-6,11-12H,3-4,7-10H2,(H,22,23). The van der Waals surface area contributed by atoms with Gasteiger partial charge in [-0.05, 0) is 31.2 Å². The Kier molecular flexibility index (Phi) is 5.71. The van der Waals surface area contributed by atoms with Crippen LogP contribution in [0.5, 0.6) is 0 Å². The Bertz CT molecular complexity index is 777. The fraction of sp³-hybridized carbons (Fsp3) is 0.389. The number of thiazole rings is 1. The number of benzene rings is 1. The van der Waals surface area contributed by atoms with Crippen molar-refractivity contribution in [3.8, 4) is 10.6 Å². The molecule has 1 aliphatic rings. The number of aliphatic carboxylic acids is 1. The smallest absolute Gasteiger partial charge is 0.303 e. The minimum Gasteiger partial charge on any atom is -0.481 e. The first-order chi connectivity index (χ1) is 12.0. The molecule has 5 nitrogen and oxygen atoms in total. The molecule has 1 aromatic heterocycles. The number of nitrogens with zero attached hydrogens (tertiary/aromatic N) is 2. The molecule has 1 unspecified atom stereocenters. The van der Waals surface area contributed by atoms with Crippen LogP contribution in [0.2, 0.25) is 5.02 Å². The van der Waals surface area contributed by atoms with Gasteiger partial charge >= 0.3 is 5.97 Å². The van der Waals surface area contributed by atoms with Crippen LogP contribution in [0, 0.1) is 5.92 Å². The minimum absolute atomic E-state index is 0.0884. The van der Waals surface area contributed by atoms with Gasteiger partial charge in [-0.2, -0.15) is 0 Å². The largest absolute Gasteiger partial charge is 0.481 e. The first kappa shape index (κ1) is 17.9. The van der Waals surface area contributed by atoms with Gasteiger partial charge in [0, 0.05) is 30.5 Å². The summed E-state index contributed by atoms with van der Waals surface area (Å²) < 4.78 is 0. The number of carboxylic acids is 1. The monoisotopic (exact) mass is 378 g/mol. The van der Waals surface area contributed by atoms with Gasteiger partial charge < -0.3 is 10.0 Å². The van der Waals surface area contributed by atoms with E-state index >= 15 is 0 Å². The third kappa shape index (κ3) is 4.38. The van der Waals surface area contributed by atoms with E-state index in [1.807, 2.05) is 18.2 Å². The maximum atomic E-state index is 12.7. The molecule has 25 heavy (non-hydrogen) atoms. The van der Waals surface area contributed by atoms with E-state index < -0.39 is 5.97 Å². The first-order valence-corrected chi connectivity index (χ1v) is 9.52. The minimum atomic E-state index is -0.785. The van der Waals surface area contributed by atoms with Crippen molar-refractivity contribution in [3.63, 3.8) is 0 Å². The first-order valence-electron chi connectivity index (χ1n) is 8.26. The van der Waals surface area contributed by atoms with Gasteiger partial charge in [-0.1, -0.05) is 29.8 Å². The van der Waals surface area contributed by atoms with Crippen molar-refractivity contribution >= 4 is 34.8 Å². The van der Waals surface area contributed by atoms with Crippen molar-refractivity contribution in [1.82, 2.24) is 9.88 Å². The summed E-state index contributed by atoms with van der Waals surface area (Å²) in [5.74, 6) is -0.627. The van der Waals surface area contributed by atoms with Crippen LogP contribution >= 0.6 is 22.9 Å². The third-order valence-corrected chi connectivity index (χ3v) is 5.61. The Hall–Kier alpha value is -1.92. The lowest BCUT2D eigenvalue weighted by atomic mass is 9.93. The van der Waals surface area contributed by atoms with E-state index in [0.29, 0.717) is 30.2 Å². The number of hydrogen-bond acceptors (Lipinski definition) is 4. The highest BCUT2D eigenvalue weighted by molar-refractivity contribution is 7.13. The van der Waals surface area contributed by atoms with E-state index in [4.69, 9.17) is 16.7 Å². The second-order valence-electron chi connectivity index (χ2n) is 6.21. The topological polar surface area (TPSA) is 70.5 Å². The maximum absolute atomic E-state index is 12.7. The fourth-order valence-corrected chi connectivity index (χ4v) is 4.22. The van der Waals surface area contributed by atoms with Gasteiger partial charge in [-0.25, -0.2) is 4.98 Å². The summed E-state index contributed by atoms with van der Waals surface area (Å²) in [6.07, 6.45) is 2.64. The van der Waals surface area contributed by atoms with Crippen LogP contribution in [0.3, 0.4) is 0 Å². The van der Waals surface area contributed by atoms with Gasteiger partial charge in [-0.15, -0.1) is 11.3 Å². The summed E-state index contributed by atoms with van der Waals surface area (Å²) in [4.78, 5) is 29.7. The molecule has 3 rings (SSSR count). The zero-order valence-electron chi connectivity index (χ0n) is 13.7. The Morgan fingerprint density at radius 2 is 2.16 bits per heavy atom. The highest BCUT2D eigenvalue weighted by atomic mass is 35.5. The van der Waals surface area contributed by atoms with Crippen LogP contribution in [-0.4, -0.2) is 40.0 Å². The molecular formula is C18H19ClN2O3S. The summed E-state index contributed by atoms with van der Waals surface area (Å²) in [5, 5.41) is 11.9. The predicted octanol–water partition coefficient (Wildman–Crippen LogP) is 4.18. The molecule has 0 bridgehead atoms. The highest BCUT2D eigenvalue weighted by Crippen LogP contribution is 2.31. The lowest BCUT2D eigenvalue weighted by Gasteiger charge is -2.32. The summed E-state index contributed by atoms with van der Waals surface area (Å²) in [5.41, 5.74) is 1.25. The van der Waals surface area contributed by atoms with Crippen molar-refractivity contribution < 1.29 is 14.7 Å². The molecule has 0 aliphatic carbocycles. The molecule has 2 heterocycles. The number of hydrogen-bond donors (Lipinski definition) is 1. The van der Waals surface area contributed by atoms with E-state index in [2.05, 4.69) is 4.98 Å². The molecule has 0 radical (unpaired) electrons. The summed E-state index contributed by atoms with van der Waals surface area (Å²) in [7, 11) is 0. The Balaban J connectivity index is 1.69. The maximum Gasteiger partial charge on any atom is 0.303 e. The molecular weight excluding hydrogens is 360 g/mol. The third-order valence-electron chi connectivity index (χ3n) is 4.40. The van der Waals surface area contributed by atoms with Gasteiger partial charge in [-0.3, -0.25) is 9.59 Å². The molecule has 7 heteroatoms. The van der Waals surface area contributed by atoms with E-state index in [0.717, 1.165) is 23.4 Å². The van der Waals surface area contributed by atoms with Crippen LogP contribution in [0.1, 0.15) is 36.2 Å². The SMILES string of the molecule is O=C(O)CCC1CCCN(C(=O)c2csc(-c3ccccc3Cl)n2)C1. The number of carbonyl (C=O) groups is 2. The molecule has 2 aromatic rings. The van der Waals surface area contributed by atoms with E-state index in [9.17, 15) is 9.59 Å². The Morgan fingerprint density at radius 1 is 1.36 bits per heavy atom. The number of halogens is 1. The number of rotatable bonds is 5. The van der Waals surface area contributed by atoms with Crippen molar-refractivity contribution in [3.05, 3.63) is 40.4 Å². The highest BCUT2D eigenvalue weighted by Gasteiger charge is 2.26. The molecule has 1 saturated heterocycles. The molecule has 1 atom stereocenters. The van der Waals surface area contributed by atoms with E-state index in [1.54, 1.807) is 16.3 Å². The summed E-state index contributed by atoms with van der Waals surface area (Å²) in [6.45, 7) is 1.30. The molecule has 0 saturated carbocycles. The van der Waals surface area contributed by atoms with Crippen molar-refractivity contribution in [2.75, 3.05) is 13.1 Å². The Labute approximate surface area is 155 Å². The molecule has 0 spiro atoms. The lowest BCUT2D eigenvalue weighted by molar-refractivity contribution is -0.137. The van der Waals surface area contributed by atoms with Gasteiger partial charge in [0.1, 0.15) is 10.7 Å². The lowest BCUT2D eigenvalue weighted by Crippen LogP contribution is -2.40. The van der Waals surface area contributed by atoms with Crippen molar-refractivity contribution in [2.24, 2.45) is 5.92 Å². The van der Waals surface area contributed by atoms with E-state index in [-0.39, 0.29) is 18.2 Å². The average molecular weight is 379 g/mol. The normalized spacial score (nSPS) is 17.5. The second kappa shape index (κ2) is 7.97. The number of aromatic nitrogens is 1. The molecule has 132 valence electrons. The van der Waals surface area contributed by atoms with Gasteiger partial charge in [0.15, 0.2) is 0 Å². The molecule has 1 amide bonds. The van der Waals surface area contributed by atoms with Crippen LogP contribution in [0.25, 0.3) is 10.6 Å². The summed E-state index contributed by atoms with van der Waals surface area (Å²) in [6, 6.07) is 7.44. The van der Waals surface area contributed by atoms with Crippen molar-refractivity contribution in [2.45, 2.75) is 25.7 Å². The zero-order valence-corrected chi connectivity index (χ0v) is 15.2. The Morgan fingerprint density at radius 3 is 2.92 bits per heavy atom. The number of amides is 1. The zero-order chi connectivity index (χ0) is 17.8. The van der Waals surface area contributed by atoms with E-state index in [1.165, 1.54) is 11.3 Å². The summed E-state index contributed by atoms with van der Waals surface area (Å²) >= 11 is 7.60. The quantitative estimate of drug-likeness (QED) is 0.847.